The maximum atomic E-state index is 13.2. The van der Waals surface area contributed by atoms with E-state index < -0.39 is 21.8 Å². The number of ether oxygens (including phenoxy) is 1. The molecule has 3 rings (SSSR count). The average Bonchev–Trinajstić information content (AvgIpc) is 2.68. The summed E-state index contributed by atoms with van der Waals surface area (Å²) in [6.45, 7) is 2.43. The molecule has 148 valence electrons. The van der Waals surface area contributed by atoms with E-state index in [1.807, 2.05) is 0 Å². The van der Waals surface area contributed by atoms with Gasteiger partial charge in [0.1, 0.15) is 11.6 Å². The minimum atomic E-state index is -3.82. The molecule has 7 nitrogen and oxygen atoms in total. The molecule has 0 N–H and O–H groups in total. The van der Waals surface area contributed by atoms with Crippen LogP contribution in [0.1, 0.15) is 17.3 Å². The quantitative estimate of drug-likeness (QED) is 0.572. The highest BCUT2D eigenvalue weighted by Crippen LogP contribution is 2.20. The van der Waals surface area contributed by atoms with Gasteiger partial charge in [0, 0.05) is 39.2 Å². The maximum Gasteiger partial charge on any atom is 0.343 e. The monoisotopic (exact) mass is 406 g/mol. The summed E-state index contributed by atoms with van der Waals surface area (Å²) < 4.78 is 45.3. The Kier molecular flexibility index (Phi) is 5.76. The van der Waals surface area contributed by atoms with E-state index in [2.05, 4.69) is 0 Å². The summed E-state index contributed by atoms with van der Waals surface area (Å²) in [6.07, 6.45) is 0. The van der Waals surface area contributed by atoms with Gasteiger partial charge in [0.15, 0.2) is 0 Å². The van der Waals surface area contributed by atoms with Crippen LogP contribution in [0.4, 0.5) is 4.39 Å². The van der Waals surface area contributed by atoms with Gasteiger partial charge in [-0.3, -0.25) is 4.79 Å². The zero-order chi connectivity index (χ0) is 20.3. The van der Waals surface area contributed by atoms with Gasteiger partial charge in [0.25, 0.3) is 0 Å². The molecule has 0 saturated carbocycles. The number of esters is 1. The van der Waals surface area contributed by atoms with Gasteiger partial charge >= 0.3 is 5.97 Å². The van der Waals surface area contributed by atoms with Gasteiger partial charge in [-0.15, -0.1) is 0 Å². The number of benzene rings is 2. The SMILES string of the molecule is CC(=O)N1CCN(S(=O)(=O)c2cccc(C(=O)Oc3cccc(F)c3)c2)CC1. The highest BCUT2D eigenvalue weighted by Gasteiger charge is 2.29. The summed E-state index contributed by atoms with van der Waals surface area (Å²) in [5.41, 5.74) is 0.0349. The lowest BCUT2D eigenvalue weighted by Gasteiger charge is -2.33. The highest BCUT2D eigenvalue weighted by molar-refractivity contribution is 7.89. The first-order valence-electron chi connectivity index (χ1n) is 8.61. The summed E-state index contributed by atoms with van der Waals surface area (Å²) >= 11 is 0. The molecule has 0 aromatic heterocycles. The summed E-state index contributed by atoms with van der Waals surface area (Å²) in [4.78, 5) is 25.2. The lowest BCUT2D eigenvalue weighted by molar-refractivity contribution is -0.129. The van der Waals surface area contributed by atoms with Crippen molar-refractivity contribution in [2.75, 3.05) is 26.2 Å². The Morgan fingerprint density at radius 1 is 1.00 bits per heavy atom. The van der Waals surface area contributed by atoms with E-state index in [-0.39, 0.29) is 35.2 Å². The Morgan fingerprint density at radius 2 is 1.68 bits per heavy atom. The first-order valence-corrected chi connectivity index (χ1v) is 10.0. The van der Waals surface area contributed by atoms with Crippen LogP contribution in [-0.4, -0.2) is 55.7 Å². The van der Waals surface area contributed by atoms with Crippen LogP contribution in [-0.2, 0) is 14.8 Å². The third-order valence-electron chi connectivity index (χ3n) is 4.40. The standard InChI is InChI=1S/C19H19FN2O5S/c1-14(23)21-8-10-22(11-9-21)28(25,26)18-7-2-4-15(12-18)19(24)27-17-6-3-5-16(20)13-17/h2-7,12-13H,8-11H2,1H3. The van der Waals surface area contributed by atoms with E-state index in [9.17, 15) is 22.4 Å². The number of rotatable bonds is 4. The number of halogens is 1. The van der Waals surface area contributed by atoms with E-state index >= 15 is 0 Å². The Bertz CT molecular complexity index is 1000. The predicted octanol–water partition coefficient (Wildman–Crippen LogP) is 1.90. The number of piperazine rings is 1. The van der Waals surface area contributed by atoms with Crippen LogP contribution < -0.4 is 4.74 Å². The number of sulfonamides is 1. The van der Waals surface area contributed by atoms with Gasteiger partial charge in [0.2, 0.25) is 15.9 Å². The highest BCUT2D eigenvalue weighted by atomic mass is 32.2. The van der Waals surface area contributed by atoms with E-state index in [4.69, 9.17) is 4.74 Å². The van der Waals surface area contributed by atoms with Crippen LogP contribution in [0.3, 0.4) is 0 Å². The molecule has 0 aliphatic carbocycles. The van der Waals surface area contributed by atoms with Crippen molar-refractivity contribution in [3.05, 3.63) is 59.9 Å². The molecule has 2 aromatic rings. The Morgan fingerprint density at radius 3 is 2.32 bits per heavy atom. The van der Waals surface area contributed by atoms with Crippen LogP contribution in [0.25, 0.3) is 0 Å². The molecule has 0 bridgehead atoms. The first kappa shape index (κ1) is 20.0. The molecular weight excluding hydrogens is 387 g/mol. The van der Waals surface area contributed by atoms with Crippen molar-refractivity contribution in [3.63, 3.8) is 0 Å². The van der Waals surface area contributed by atoms with E-state index in [1.165, 1.54) is 53.7 Å². The molecule has 1 saturated heterocycles. The number of amides is 1. The molecule has 0 spiro atoms. The number of carbonyl (C=O) groups excluding carboxylic acids is 2. The zero-order valence-corrected chi connectivity index (χ0v) is 16.0. The van der Waals surface area contributed by atoms with Crippen molar-refractivity contribution >= 4 is 21.9 Å². The van der Waals surface area contributed by atoms with Gasteiger partial charge in [-0.1, -0.05) is 12.1 Å². The summed E-state index contributed by atoms with van der Waals surface area (Å²) in [6, 6.07) is 10.6. The third kappa shape index (κ3) is 4.37. The molecule has 1 amide bonds. The second-order valence-corrected chi connectivity index (χ2v) is 8.22. The fourth-order valence-electron chi connectivity index (χ4n) is 2.87. The van der Waals surface area contributed by atoms with Gasteiger partial charge < -0.3 is 9.64 Å². The van der Waals surface area contributed by atoms with Crippen LogP contribution >= 0.6 is 0 Å². The van der Waals surface area contributed by atoms with E-state index in [0.717, 1.165) is 6.07 Å². The Balaban J connectivity index is 1.76. The van der Waals surface area contributed by atoms with Crippen molar-refractivity contribution in [2.24, 2.45) is 0 Å². The predicted molar refractivity (Wildman–Crippen MR) is 98.8 cm³/mol. The molecule has 0 atom stereocenters. The lowest BCUT2D eigenvalue weighted by atomic mass is 10.2. The molecule has 9 heteroatoms. The lowest BCUT2D eigenvalue weighted by Crippen LogP contribution is -2.49. The van der Waals surface area contributed by atoms with Crippen molar-refractivity contribution in [2.45, 2.75) is 11.8 Å². The van der Waals surface area contributed by atoms with Crippen molar-refractivity contribution < 1.29 is 27.1 Å². The van der Waals surface area contributed by atoms with Crippen molar-refractivity contribution in [1.82, 2.24) is 9.21 Å². The van der Waals surface area contributed by atoms with E-state index in [0.29, 0.717) is 13.1 Å². The molecule has 1 aliphatic rings. The third-order valence-corrected chi connectivity index (χ3v) is 6.29. The second kappa shape index (κ2) is 8.07. The van der Waals surface area contributed by atoms with Crippen molar-refractivity contribution in [1.29, 1.82) is 0 Å². The Labute approximate surface area is 162 Å². The molecule has 1 fully saturated rings. The van der Waals surface area contributed by atoms with E-state index in [1.54, 1.807) is 4.90 Å². The number of hydrogen-bond acceptors (Lipinski definition) is 5. The Hall–Kier alpha value is -2.78. The molecule has 28 heavy (non-hydrogen) atoms. The number of nitrogens with zero attached hydrogens (tertiary/aromatic N) is 2. The largest absolute Gasteiger partial charge is 0.423 e. The second-order valence-electron chi connectivity index (χ2n) is 6.28. The fourth-order valence-corrected chi connectivity index (χ4v) is 4.34. The molecule has 1 aliphatic heterocycles. The van der Waals surface area contributed by atoms with Crippen LogP contribution in [0.15, 0.2) is 53.4 Å². The average molecular weight is 406 g/mol. The summed E-state index contributed by atoms with van der Waals surface area (Å²) in [7, 11) is -3.82. The van der Waals surface area contributed by atoms with Gasteiger partial charge in [-0.25, -0.2) is 17.6 Å². The van der Waals surface area contributed by atoms with Gasteiger partial charge in [-0.05, 0) is 30.3 Å². The minimum Gasteiger partial charge on any atom is -0.423 e. The fraction of sp³-hybridized carbons (Fsp3) is 0.263. The normalized spacial score (nSPS) is 15.3. The van der Waals surface area contributed by atoms with Crippen LogP contribution in [0, 0.1) is 5.82 Å². The molecular formula is C19H19FN2O5S. The molecule has 1 heterocycles. The maximum absolute atomic E-state index is 13.2. The van der Waals surface area contributed by atoms with Crippen LogP contribution in [0.5, 0.6) is 5.75 Å². The smallest absolute Gasteiger partial charge is 0.343 e. The molecule has 0 radical (unpaired) electrons. The number of hydrogen-bond donors (Lipinski definition) is 0. The van der Waals surface area contributed by atoms with Gasteiger partial charge in [-0.2, -0.15) is 4.31 Å². The molecule has 2 aromatic carbocycles. The van der Waals surface area contributed by atoms with Crippen molar-refractivity contribution in [3.8, 4) is 5.75 Å². The topological polar surface area (TPSA) is 84.0 Å². The first-order chi connectivity index (χ1) is 13.3. The summed E-state index contributed by atoms with van der Waals surface area (Å²) in [5, 5.41) is 0. The minimum absolute atomic E-state index is 0.0265. The molecule has 0 unspecified atom stereocenters. The summed E-state index contributed by atoms with van der Waals surface area (Å²) in [5.74, 6) is -1.41. The zero-order valence-electron chi connectivity index (χ0n) is 15.2. The van der Waals surface area contributed by atoms with Crippen LogP contribution in [0.2, 0.25) is 0 Å². The number of carbonyl (C=O) groups is 2. The van der Waals surface area contributed by atoms with Gasteiger partial charge in [0.05, 0.1) is 10.5 Å².